The predicted molar refractivity (Wildman–Crippen MR) is 237 cm³/mol. The molecular weight excluding hydrogens is 847 g/mol. The van der Waals surface area contributed by atoms with Crippen LogP contribution in [0, 0.1) is 11.8 Å². The Morgan fingerprint density at radius 1 is 0.815 bits per heavy atom. The van der Waals surface area contributed by atoms with E-state index in [2.05, 4.69) is 52.2 Å². The van der Waals surface area contributed by atoms with E-state index in [-0.39, 0.29) is 57.0 Å². The summed E-state index contributed by atoms with van der Waals surface area (Å²) >= 11 is 0. The van der Waals surface area contributed by atoms with Gasteiger partial charge >= 0.3 is 5.97 Å². The lowest BCUT2D eigenvalue weighted by Gasteiger charge is -2.31. The summed E-state index contributed by atoms with van der Waals surface area (Å²) in [5, 5.41) is 37.9. The highest BCUT2D eigenvalue weighted by molar-refractivity contribution is 5.98. The van der Waals surface area contributed by atoms with Gasteiger partial charge in [-0.25, -0.2) is 4.98 Å². The van der Waals surface area contributed by atoms with Gasteiger partial charge in [-0.1, -0.05) is 39.8 Å². The van der Waals surface area contributed by atoms with Crippen LogP contribution in [0.4, 0.5) is 0 Å². The number of carboxylic acids is 1. The summed E-state index contributed by atoms with van der Waals surface area (Å²) in [7, 11) is 1.57. The van der Waals surface area contributed by atoms with Gasteiger partial charge in [-0.15, -0.1) is 0 Å². The molecule has 3 rings (SSSR count). The molecule has 1 saturated heterocycles. The summed E-state index contributed by atoms with van der Waals surface area (Å²) in [5.74, 6) is -7.20. The monoisotopic (exact) mass is 911 g/mol. The van der Waals surface area contributed by atoms with Gasteiger partial charge in [-0.3, -0.25) is 43.3 Å². The number of aliphatic imine (C=N–C) groups is 1. The first-order valence-corrected chi connectivity index (χ1v) is 21.5. The third-order valence-corrected chi connectivity index (χ3v) is 10.6. The Labute approximate surface area is 377 Å². The molecule has 1 aliphatic heterocycles. The predicted octanol–water partition coefficient (Wildman–Crippen LogP) is -2.51. The molecule has 1 aromatic heterocycles. The number of hydrogen-bond donors (Lipinski definition) is 12. The Morgan fingerprint density at radius 2 is 1.42 bits per heavy atom. The number of aliphatic carboxylic acids is 1. The molecule has 1 aliphatic rings. The molecule has 7 atom stereocenters. The average Bonchev–Trinajstić information content (AvgIpc) is 3.95. The molecule has 0 spiro atoms. The second kappa shape index (κ2) is 25.5. The van der Waals surface area contributed by atoms with Gasteiger partial charge in [0.2, 0.25) is 41.4 Å². The zero-order valence-corrected chi connectivity index (χ0v) is 37.7. The Hall–Kier alpha value is -6.78. The number of carboxylic acid groups (broad SMARTS) is 1. The van der Waals surface area contributed by atoms with Gasteiger partial charge in [0.25, 0.3) is 0 Å². The molecule has 358 valence electrons. The maximum Gasteiger partial charge on any atom is 0.325 e. The van der Waals surface area contributed by atoms with Gasteiger partial charge in [0, 0.05) is 37.8 Å². The number of guanidine groups is 1. The molecule has 0 radical (unpaired) electrons. The van der Waals surface area contributed by atoms with Crippen LogP contribution in [0.2, 0.25) is 0 Å². The quantitative estimate of drug-likeness (QED) is 0.0278. The standard InChI is InChI=1S/C42H65N13O10/c1-22(2)33(53-35(58)28(50-32(57)20-45-6)9-7-15-47-42(43)44)38(61)51-29(17-25-11-13-27(56)14-12-25)36(59)54-34(23(3)4)39(62)52-30(18-26-19-46-21-48-26)40(63)55-16-8-10-31(55)37(60)49-24(5)41(64)65/h11-14,19,21-24,28-31,33-34,45,56H,7-10,15-18,20H2,1-6H3,(H,46,48)(H,49,60)(H,50,57)(H,51,61)(H,52,62)(H,53,58)(H,54,59)(H,64,65)(H4,43,44,47)/t24-,28-,29-,30-,31+,33-,34-/m0/s1. The first kappa shape index (κ1) is 52.6. The van der Waals surface area contributed by atoms with Crippen LogP contribution in [0.3, 0.4) is 0 Å². The maximum absolute atomic E-state index is 14.3. The number of hydrogen-bond acceptors (Lipinski definition) is 12. The van der Waals surface area contributed by atoms with Crippen LogP contribution < -0.4 is 48.7 Å². The van der Waals surface area contributed by atoms with E-state index in [1.165, 1.54) is 36.5 Å². The molecular formula is C42H65N13O10. The normalized spacial score (nSPS) is 16.2. The minimum Gasteiger partial charge on any atom is -0.508 e. The van der Waals surface area contributed by atoms with E-state index in [4.69, 9.17) is 11.5 Å². The molecule has 65 heavy (non-hydrogen) atoms. The number of likely N-dealkylation sites (tertiary alicyclic amines) is 1. The molecule has 0 bridgehead atoms. The number of phenols is 1. The van der Waals surface area contributed by atoms with Crippen molar-refractivity contribution in [2.24, 2.45) is 28.3 Å². The lowest BCUT2D eigenvalue weighted by Crippen LogP contribution is -2.61. The van der Waals surface area contributed by atoms with E-state index < -0.39 is 101 Å². The van der Waals surface area contributed by atoms with Crippen LogP contribution in [0.15, 0.2) is 41.8 Å². The van der Waals surface area contributed by atoms with Crippen molar-refractivity contribution in [2.45, 2.75) is 115 Å². The van der Waals surface area contributed by atoms with Gasteiger partial charge < -0.3 is 68.8 Å². The Bertz CT molecular complexity index is 1970. The van der Waals surface area contributed by atoms with Crippen LogP contribution in [0.25, 0.3) is 0 Å². The number of carbonyl (C=O) groups is 8. The largest absolute Gasteiger partial charge is 0.508 e. The number of aromatic nitrogens is 2. The summed E-state index contributed by atoms with van der Waals surface area (Å²) in [5.41, 5.74) is 11.9. The minimum absolute atomic E-state index is 0.0393. The molecule has 7 amide bonds. The molecule has 1 fully saturated rings. The summed E-state index contributed by atoms with van der Waals surface area (Å²) < 4.78 is 0. The zero-order valence-electron chi connectivity index (χ0n) is 37.7. The van der Waals surface area contributed by atoms with Crippen molar-refractivity contribution < 1.29 is 48.6 Å². The van der Waals surface area contributed by atoms with E-state index in [0.29, 0.717) is 24.1 Å². The van der Waals surface area contributed by atoms with Gasteiger partial charge in [-0.2, -0.15) is 0 Å². The van der Waals surface area contributed by atoms with Gasteiger partial charge in [0.15, 0.2) is 5.96 Å². The lowest BCUT2D eigenvalue weighted by atomic mass is 9.98. The van der Waals surface area contributed by atoms with Gasteiger partial charge in [0.05, 0.1) is 12.9 Å². The summed E-state index contributed by atoms with van der Waals surface area (Å²) in [4.78, 5) is 120. The highest BCUT2D eigenvalue weighted by Crippen LogP contribution is 2.20. The third-order valence-electron chi connectivity index (χ3n) is 10.6. The SMILES string of the molecule is CNCC(=O)N[C@@H](CCCN=C(N)N)C(=O)N[C@H](C(=O)N[C@@H](Cc1ccc(O)cc1)C(=O)N[C@H](C(=O)N[C@@H](Cc1cnc[nH]1)C(=O)N1CCC[C@@H]1C(=O)N[C@@H](C)C(=O)O)C(C)C)C(C)C. The lowest BCUT2D eigenvalue weighted by molar-refractivity contribution is -0.144. The highest BCUT2D eigenvalue weighted by atomic mass is 16.4. The maximum atomic E-state index is 14.3. The fourth-order valence-electron chi connectivity index (χ4n) is 7.05. The van der Waals surface area contributed by atoms with E-state index in [1.807, 2.05) is 0 Å². The Balaban J connectivity index is 1.88. The van der Waals surface area contributed by atoms with Crippen LogP contribution in [-0.4, -0.2) is 147 Å². The second-order valence-corrected chi connectivity index (χ2v) is 16.6. The molecule has 23 nitrogen and oxygen atoms in total. The van der Waals surface area contributed by atoms with Crippen molar-refractivity contribution in [3.63, 3.8) is 0 Å². The number of H-pyrrole nitrogens is 1. The molecule has 23 heteroatoms. The third kappa shape index (κ3) is 16.7. The van der Waals surface area contributed by atoms with Crippen molar-refractivity contribution in [3.8, 4) is 5.75 Å². The molecule has 14 N–H and O–H groups in total. The fourth-order valence-corrected chi connectivity index (χ4v) is 7.05. The number of benzene rings is 1. The number of amides is 7. The number of carbonyl (C=O) groups excluding carboxylic acids is 7. The molecule has 0 unspecified atom stereocenters. The summed E-state index contributed by atoms with van der Waals surface area (Å²) in [6.45, 7) is 8.27. The van der Waals surface area contributed by atoms with Crippen LogP contribution in [0.1, 0.15) is 71.6 Å². The molecule has 2 aromatic rings. The number of nitrogens with two attached hydrogens (primary N) is 2. The first-order valence-electron chi connectivity index (χ1n) is 21.5. The number of likely N-dealkylation sites (N-methyl/N-ethyl adjacent to an activating group) is 1. The van der Waals surface area contributed by atoms with Crippen LogP contribution in [-0.2, 0) is 51.2 Å². The Kier molecular flexibility index (Phi) is 20.6. The van der Waals surface area contributed by atoms with Gasteiger partial charge in [0.1, 0.15) is 48.0 Å². The van der Waals surface area contributed by atoms with E-state index >= 15 is 0 Å². The minimum atomic E-state index is -1.34. The van der Waals surface area contributed by atoms with Crippen molar-refractivity contribution in [1.29, 1.82) is 0 Å². The molecule has 0 saturated carbocycles. The second-order valence-electron chi connectivity index (χ2n) is 16.6. The van der Waals surface area contributed by atoms with Gasteiger partial charge in [-0.05, 0) is 69.2 Å². The van der Waals surface area contributed by atoms with E-state index in [9.17, 15) is 48.6 Å². The molecule has 1 aromatic carbocycles. The van der Waals surface area contributed by atoms with Crippen molar-refractivity contribution in [1.82, 2.24) is 52.1 Å². The Morgan fingerprint density at radius 3 is 1.95 bits per heavy atom. The average molecular weight is 912 g/mol. The number of phenolic OH excluding ortho intramolecular Hbond substituents is 1. The smallest absolute Gasteiger partial charge is 0.325 e. The number of imidazole rings is 1. The number of nitrogens with zero attached hydrogens (tertiary/aromatic N) is 3. The summed E-state index contributed by atoms with van der Waals surface area (Å²) in [6, 6.07) is -2.43. The fraction of sp³-hybridized carbons (Fsp3) is 0.571. The van der Waals surface area contributed by atoms with E-state index in [0.717, 1.165) is 0 Å². The molecule has 2 heterocycles. The number of rotatable bonds is 25. The van der Waals surface area contributed by atoms with E-state index in [1.54, 1.807) is 46.9 Å². The zero-order chi connectivity index (χ0) is 48.4. The van der Waals surface area contributed by atoms with Crippen molar-refractivity contribution in [3.05, 3.63) is 48.0 Å². The topological polar surface area (TPSA) is 358 Å². The first-order chi connectivity index (χ1) is 30.7. The number of aromatic amines is 1. The van der Waals surface area contributed by atoms with Crippen molar-refractivity contribution in [2.75, 3.05) is 26.7 Å². The number of nitrogens with one attached hydrogen (secondary N) is 8. The van der Waals surface area contributed by atoms with Crippen molar-refractivity contribution >= 4 is 53.3 Å². The summed E-state index contributed by atoms with van der Waals surface area (Å²) in [6.07, 6.45) is 3.84. The van der Waals surface area contributed by atoms with Crippen LogP contribution in [0.5, 0.6) is 5.75 Å². The highest BCUT2D eigenvalue weighted by Gasteiger charge is 2.40. The molecule has 0 aliphatic carbocycles. The number of aromatic hydroxyl groups is 1. The van der Waals surface area contributed by atoms with Crippen LogP contribution >= 0.6 is 0 Å².